The summed E-state index contributed by atoms with van der Waals surface area (Å²) in [4.78, 5) is 0. The lowest BCUT2D eigenvalue weighted by atomic mass is 9.94. The molecule has 0 aliphatic carbocycles. The molecular formula is C15H14ClF3N2. The zero-order chi connectivity index (χ0) is 15.6. The fourth-order valence-corrected chi connectivity index (χ4v) is 2.48. The zero-order valence-corrected chi connectivity index (χ0v) is 12.0. The Bertz CT molecular complexity index is 641. The van der Waals surface area contributed by atoms with E-state index < -0.39 is 17.8 Å². The Morgan fingerprint density at radius 2 is 1.76 bits per heavy atom. The lowest BCUT2D eigenvalue weighted by Gasteiger charge is -2.21. The van der Waals surface area contributed by atoms with Gasteiger partial charge in [-0.25, -0.2) is 5.43 Å². The van der Waals surface area contributed by atoms with Crippen molar-refractivity contribution >= 4 is 11.6 Å². The molecule has 0 saturated carbocycles. The molecule has 3 N–H and O–H groups in total. The van der Waals surface area contributed by atoms with Crippen LogP contribution in [0.1, 0.15) is 28.3 Å². The second kappa shape index (κ2) is 6.05. The molecule has 1 unspecified atom stereocenters. The quantitative estimate of drug-likeness (QED) is 0.657. The Balaban J connectivity index is 2.47. The van der Waals surface area contributed by atoms with Crippen molar-refractivity contribution in [3.63, 3.8) is 0 Å². The van der Waals surface area contributed by atoms with E-state index in [0.29, 0.717) is 21.7 Å². The molecule has 2 nitrogen and oxygen atoms in total. The number of benzene rings is 2. The summed E-state index contributed by atoms with van der Waals surface area (Å²) in [6.45, 7) is 1.62. The van der Waals surface area contributed by atoms with Gasteiger partial charge in [-0.3, -0.25) is 5.84 Å². The Morgan fingerprint density at radius 1 is 1.10 bits per heavy atom. The lowest BCUT2D eigenvalue weighted by Crippen LogP contribution is -2.29. The summed E-state index contributed by atoms with van der Waals surface area (Å²) in [5.74, 6) is 5.57. The van der Waals surface area contributed by atoms with Gasteiger partial charge < -0.3 is 0 Å². The Morgan fingerprint density at radius 3 is 2.29 bits per heavy atom. The smallest absolute Gasteiger partial charge is 0.271 e. The first-order valence-electron chi connectivity index (χ1n) is 6.23. The molecule has 0 saturated heterocycles. The van der Waals surface area contributed by atoms with Crippen LogP contribution < -0.4 is 11.3 Å². The molecule has 0 aromatic heterocycles. The molecule has 0 radical (unpaired) electrons. The number of nitrogens with two attached hydrogens (primary N) is 1. The van der Waals surface area contributed by atoms with Crippen molar-refractivity contribution in [2.75, 3.05) is 0 Å². The number of halogens is 4. The summed E-state index contributed by atoms with van der Waals surface area (Å²) in [5, 5.41) is 0.500. The summed E-state index contributed by atoms with van der Waals surface area (Å²) in [6.07, 6.45) is -4.36. The monoisotopic (exact) mass is 314 g/mol. The van der Waals surface area contributed by atoms with Gasteiger partial charge in [-0.2, -0.15) is 13.2 Å². The highest BCUT2D eigenvalue weighted by Crippen LogP contribution is 2.34. The van der Waals surface area contributed by atoms with E-state index in [-0.39, 0.29) is 0 Å². The van der Waals surface area contributed by atoms with Crippen molar-refractivity contribution in [2.45, 2.75) is 19.1 Å². The normalized spacial score (nSPS) is 13.2. The standard InChI is InChI=1S/C15H14ClF3N2/c1-9-8-10(15(17,18)19)6-7-11(9)14(21-20)12-4-2-3-5-13(12)16/h2-8,14,21H,20H2,1H3. The average molecular weight is 315 g/mol. The van der Waals surface area contributed by atoms with Gasteiger partial charge in [-0.1, -0.05) is 35.9 Å². The summed E-state index contributed by atoms with van der Waals surface area (Å²) in [5.41, 5.74) is 3.78. The van der Waals surface area contributed by atoms with Gasteiger partial charge in [-0.05, 0) is 41.8 Å². The Hall–Kier alpha value is -1.56. The molecular weight excluding hydrogens is 301 g/mol. The van der Waals surface area contributed by atoms with Gasteiger partial charge in [0.1, 0.15) is 0 Å². The lowest BCUT2D eigenvalue weighted by molar-refractivity contribution is -0.137. The predicted octanol–water partition coefficient (Wildman–Crippen LogP) is 4.22. The molecule has 2 aromatic carbocycles. The minimum Gasteiger partial charge on any atom is -0.271 e. The van der Waals surface area contributed by atoms with Crippen molar-refractivity contribution < 1.29 is 13.2 Å². The van der Waals surface area contributed by atoms with Crippen LogP contribution in [0.15, 0.2) is 42.5 Å². The third-order valence-electron chi connectivity index (χ3n) is 3.29. The SMILES string of the molecule is Cc1cc(C(F)(F)F)ccc1C(NN)c1ccccc1Cl. The van der Waals surface area contributed by atoms with Crippen LogP contribution in [0.4, 0.5) is 13.2 Å². The molecule has 2 rings (SSSR count). The van der Waals surface area contributed by atoms with E-state index in [1.807, 2.05) is 0 Å². The fraction of sp³-hybridized carbons (Fsp3) is 0.200. The van der Waals surface area contributed by atoms with Gasteiger partial charge in [0, 0.05) is 5.02 Å². The molecule has 0 aliphatic heterocycles. The summed E-state index contributed by atoms with van der Waals surface area (Å²) < 4.78 is 38.1. The van der Waals surface area contributed by atoms with Crippen molar-refractivity contribution in [2.24, 2.45) is 5.84 Å². The maximum absolute atomic E-state index is 12.7. The molecule has 0 spiro atoms. The van der Waals surface area contributed by atoms with Crippen molar-refractivity contribution in [3.8, 4) is 0 Å². The van der Waals surface area contributed by atoms with Crippen LogP contribution in [-0.4, -0.2) is 0 Å². The van der Waals surface area contributed by atoms with Crippen molar-refractivity contribution in [1.29, 1.82) is 0 Å². The van der Waals surface area contributed by atoms with Gasteiger partial charge in [0.15, 0.2) is 0 Å². The van der Waals surface area contributed by atoms with Crippen LogP contribution in [0.25, 0.3) is 0 Å². The maximum Gasteiger partial charge on any atom is 0.416 e. The van der Waals surface area contributed by atoms with Gasteiger partial charge in [0.2, 0.25) is 0 Å². The molecule has 0 heterocycles. The fourth-order valence-electron chi connectivity index (χ4n) is 2.23. The predicted molar refractivity (Wildman–Crippen MR) is 76.8 cm³/mol. The van der Waals surface area contributed by atoms with E-state index in [2.05, 4.69) is 5.43 Å². The number of hydrogen-bond donors (Lipinski definition) is 2. The Kier molecular flexibility index (Phi) is 4.56. The van der Waals surface area contributed by atoms with Crippen molar-refractivity contribution in [1.82, 2.24) is 5.43 Å². The number of hydrazine groups is 1. The van der Waals surface area contributed by atoms with E-state index in [1.54, 1.807) is 31.2 Å². The summed E-state index contributed by atoms with van der Waals surface area (Å²) in [7, 11) is 0. The van der Waals surface area contributed by atoms with Gasteiger partial charge >= 0.3 is 6.18 Å². The van der Waals surface area contributed by atoms with E-state index >= 15 is 0 Å². The first-order chi connectivity index (χ1) is 9.84. The van der Waals surface area contributed by atoms with Crippen LogP contribution in [0.3, 0.4) is 0 Å². The largest absolute Gasteiger partial charge is 0.416 e. The first-order valence-corrected chi connectivity index (χ1v) is 6.60. The third-order valence-corrected chi connectivity index (χ3v) is 3.64. The van der Waals surface area contributed by atoms with Crippen LogP contribution in [-0.2, 0) is 6.18 Å². The zero-order valence-electron chi connectivity index (χ0n) is 11.2. The molecule has 0 fully saturated rings. The van der Waals surface area contributed by atoms with Crippen LogP contribution >= 0.6 is 11.6 Å². The summed E-state index contributed by atoms with van der Waals surface area (Å²) >= 11 is 6.13. The highest BCUT2D eigenvalue weighted by molar-refractivity contribution is 6.31. The van der Waals surface area contributed by atoms with E-state index in [4.69, 9.17) is 17.4 Å². The maximum atomic E-state index is 12.7. The molecule has 6 heteroatoms. The second-order valence-corrected chi connectivity index (χ2v) is 5.10. The van der Waals surface area contributed by atoms with Gasteiger partial charge in [0.25, 0.3) is 0 Å². The first kappa shape index (κ1) is 15.8. The Labute approximate surface area is 125 Å². The molecule has 2 aromatic rings. The molecule has 0 amide bonds. The van der Waals surface area contributed by atoms with Crippen molar-refractivity contribution in [3.05, 3.63) is 69.7 Å². The van der Waals surface area contributed by atoms with E-state index in [0.717, 1.165) is 12.1 Å². The highest BCUT2D eigenvalue weighted by Gasteiger charge is 2.31. The number of nitrogens with one attached hydrogen (secondary N) is 1. The van der Waals surface area contributed by atoms with Gasteiger partial charge in [-0.15, -0.1) is 0 Å². The highest BCUT2D eigenvalue weighted by atomic mass is 35.5. The number of aryl methyl sites for hydroxylation is 1. The third kappa shape index (κ3) is 3.37. The van der Waals surface area contributed by atoms with Crippen LogP contribution in [0.2, 0.25) is 5.02 Å². The number of alkyl halides is 3. The molecule has 0 aliphatic rings. The molecule has 112 valence electrons. The topological polar surface area (TPSA) is 38.0 Å². The number of hydrogen-bond acceptors (Lipinski definition) is 2. The molecule has 1 atom stereocenters. The summed E-state index contributed by atoms with van der Waals surface area (Å²) in [6, 6.07) is 10.2. The van der Waals surface area contributed by atoms with Gasteiger partial charge in [0.05, 0.1) is 11.6 Å². The van der Waals surface area contributed by atoms with E-state index in [1.165, 1.54) is 6.07 Å². The number of rotatable bonds is 3. The molecule has 21 heavy (non-hydrogen) atoms. The minimum atomic E-state index is -4.36. The minimum absolute atomic E-state index is 0.471. The second-order valence-electron chi connectivity index (χ2n) is 4.69. The average Bonchev–Trinajstić information content (AvgIpc) is 2.42. The molecule has 0 bridgehead atoms. The van der Waals surface area contributed by atoms with Crippen LogP contribution in [0, 0.1) is 6.92 Å². The van der Waals surface area contributed by atoms with E-state index in [9.17, 15) is 13.2 Å². The van der Waals surface area contributed by atoms with Crippen LogP contribution in [0.5, 0.6) is 0 Å².